The summed E-state index contributed by atoms with van der Waals surface area (Å²) in [6.45, 7) is 0. The van der Waals surface area contributed by atoms with Crippen molar-refractivity contribution < 1.29 is 22.9 Å². The molecule has 0 unspecified atom stereocenters. The molecule has 1 rings (SSSR count). The van der Waals surface area contributed by atoms with E-state index in [1.807, 2.05) is 0 Å². The average Bonchev–Trinajstić information content (AvgIpc) is 2.36. The molecule has 98 valence electrons. The predicted molar refractivity (Wildman–Crippen MR) is 59.0 cm³/mol. The molecule has 0 aliphatic heterocycles. The van der Waals surface area contributed by atoms with Gasteiger partial charge in [-0.05, 0) is 6.07 Å². The van der Waals surface area contributed by atoms with Crippen LogP contribution in [-0.2, 0) is 14.8 Å². The van der Waals surface area contributed by atoms with Crippen LogP contribution < -0.4 is 10.3 Å². The first-order valence-corrected chi connectivity index (χ1v) is 5.96. The van der Waals surface area contributed by atoms with Gasteiger partial charge in [-0.25, -0.2) is 18.6 Å². The number of hydrogen-bond donors (Lipinski definition) is 2. The molecule has 0 atom stereocenters. The molecule has 0 aromatic heterocycles. The van der Waals surface area contributed by atoms with Gasteiger partial charge in [0, 0.05) is 6.07 Å². The molecule has 1 amide bonds. The van der Waals surface area contributed by atoms with Crippen molar-refractivity contribution >= 4 is 21.8 Å². The van der Waals surface area contributed by atoms with Crippen LogP contribution in [0.2, 0.25) is 0 Å². The third kappa shape index (κ3) is 3.15. The lowest BCUT2D eigenvalue weighted by Crippen LogP contribution is -2.41. The van der Waals surface area contributed by atoms with Gasteiger partial charge in [0.2, 0.25) is 0 Å². The lowest BCUT2D eigenvalue weighted by Gasteiger charge is -2.07. The van der Waals surface area contributed by atoms with E-state index in [1.165, 1.54) is 12.1 Å². The van der Waals surface area contributed by atoms with Crippen LogP contribution in [0.15, 0.2) is 29.2 Å². The van der Waals surface area contributed by atoms with Crippen LogP contribution in [0.1, 0.15) is 0 Å². The lowest BCUT2D eigenvalue weighted by molar-refractivity contribution is -0.387. The van der Waals surface area contributed by atoms with Crippen molar-refractivity contribution in [2.24, 2.45) is 0 Å². The molecule has 0 radical (unpaired) electrons. The van der Waals surface area contributed by atoms with Crippen LogP contribution in [0.5, 0.6) is 0 Å². The van der Waals surface area contributed by atoms with E-state index in [0.717, 1.165) is 19.2 Å². The molecular weight excluding hydrogens is 266 g/mol. The van der Waals surface area contributed by atoms with E-state index in [1.54, 1.807) is 10.3 Å². The quantitative estimate of drug-likeness (QED) is 0.594. The minimum atomic E-state index is -4.24. The third-order valence-corrected chi connectivity index (χ3v) is 3.12. The number of methoxy groups -OCH3 is 1. The summed E-state index contributed by atoms with van der Waals surface area (Å²) in [6.07, 6.45) is -1.04. The molecule has 0 heterocycles. The Hall–Kier alpha value is -2.20. The van der Waals surface area contributed by atoms with Crippen molar-refractivity contribution in [1.82, 2.24) is 10.3 Å². The number of rotatable bonds is 4. The van der Waals surface area contributed by atoms with E-state index >= 15 is 0 Å². The molecule has 1 aromatic carbocycles. The maximum absolute atomic E-state index is 11.7. The summed E-state index contributed by atoms with van der Waals surface area (Å²) >= 11 is 0. The number of sulfonamides is 1. The highest BCUT2D eigenvalue weighted by Gasteiger charge is 2.25. The van der Waals surface area contributed by atoms with Gasteiger partial charge in [-0.2, -0.15) is 0 Å². The Morgan fingerprint density at radius 2 is 2.00 bits per heavy atom. The van der Waals surface area contributed by atoms with Crippen LogP contribution in [0.4, 0.5) is 10.5 Å². The number of para-hydroxylation sites is 1. The first-order chi connectivity index (χ1) is 8.38. The Kier molecular flexibility index (Phi) is 4.18. The van der Waals surface area contributed by atoms with Gasteiger partial charge in [-0.1, -0.05) is 12.1 Å². The molecule has 0 fully saturated rings. The van der Waals surface area contributed by atoms with Crippen LogP contribution >= 0.6 is 0 Å². The molecule has 0 bridgehead atoms. The smallest absolute Gasteiger partial charge is 0.422 e. The molecule has 2 N–H and O–H groups in total. The number of nitro groups is 1. The molecule has 0 aliphatic carbocycles. The van der Waals surface area contributed by atoms with Gasteiger partial charge in [0.05, 0.1) is 12.0 Å². The first-order valence-electron chi connectivity index (χ1n) is 4.47. The average molecular weight is 275 g/mol. The number of hydrazine groups is 1. The summed E-state index contributed by atoms with van der Waals surface area (Å²) in [5.74, 6) is 0. The number of amides is 1. The number of nitrogens with zero attached hydrogens (tertiary/aromatic N) is 1. The fourth-order valence-electron chi connectivity index (χ4n) is 1.05. The van der Waals surface area contributed by atoms with Crippen LogP contribution in [-0.4, -0.2) is 26.5 Å². The normalized spacial score (nSPS) is 10.7. The molecule has 1 aromatic rings. The summed E-state index contributed by atoms with van der Waals surface area (Å²) in [5.41, 5.74) is 1.12. The number of nitrogens with one attached hydrogen (secondary N) is 2. The van der Waals surface area contributed by atoms with Gasteiger partial charge in [0.1, 0.15) is 0 Å². The van der Waals surface area contributed by atoms with E-state index in [0.29, 0.717) is 0 Å². The van der Waals surface area contributed by atoms with Crippen LogP contribution in [0.25, 0.3) is 0 Å². The number of hydrogen-bond acceptors (Lipinski definition) is 6. The zero-order valence-corrected chi connectivity index (χ0v) is 9.93. The largest absolute Gasteiger partial charge is 0.452 e. The highest BCUT2D eigenvalue weighted by atomic mass is 32.2. The van der Waals surface area contributed by atoms with E-state index in [9.17, 15) is 23.3 Å². The van der Waals surface area contributed by atoms with E-state index in [-0.39, 0.29) is 0 Å². The first kappa shape index (κ1) is 13.9. The van der Waals surface area contributed by atoms with Crippen molar-refractivity contribution in [1.29, 1.82) is 0 Å². The fraction of sp³-hybridized carbons (Fsp3) is 0.125. The molecule has 10 heteroatoms. The van der Waals surface area contributed by atoms with Crippen LogP contribution in [0.3, 0.4) is 0 Å². The van der Waals surface area contributed by atoms with Gasteiger partial charge in [0.15, 0.2) is 4.90 Å². The summed E-state index contributed by atoms with van der Waals surface area (Å²) in [7, 11) is -3.21. The number of carbonyl (C=O) groups is 1. The molecule has 0 saturated heterocycles. The number of ether oxygens (including phenoxy) is 1. The van der Waals surface area contributed by atoms with Gasteiger partial charge in [-0.3, -0.25) is 10.1 Å². The number of nitro benzene ring substituents is 1. The lowest BCUT2D eigenvalue weighted by atomic mass is 10.3. The topological polar surface area (TPSA) is 128 Å². The molecule has 0 spiro atoms. The van der Waals surface area contributed by atoms with Crippen molar-refractivity contribution in [2.75, 3.05) is 7.11 Å². The number of benzene rings is 1. The van der Waals surface area contributed by atoms with E-state index in [2.05, 4.69) is 4.74 Å². The Balaban J connectivity index is 3.05. The Morgan fingerprint density at radius 3 is 2.56 bits per heavy atom. The Morgan fingerprint density at radius 1 is 1.39 bits per heavy atom. The minimum absolute atomic E-state index is 0.564. The van der Waals surface area contributed by atoms with Gasteiger partial charge < -0.3 is 4.74 Å². The standard InChI is InChI=1S/C8H9N3O6S/c1-17-8(12)9-10-18(15,16)7-5-3-2-4-6(7)11(13)14/h2-5,10H,1H3,(H,9,12). The Bertz CT molecular complexity index is 570. The SMILES string of the molecule is COC(=O)NNS(=O)(=O)c1ccccc1[N+](=O)[O-]. The van der Waals surface area contributed by atoms with Gasteiger partial charge in [0.25, 0.3) is 15.7 Å². The second kappa shape index (κ2) is 5.42. The minimum Gasteiger partial charge on any atom is -0.452 e. The Labute approximate surface area is 102 Å². The maximum atomic E-state index is 11.7. The highest BCUT2D eigenvalue weighted by Crippen LogP contribution is 2.22. The molecule has 18 heavy (non-hydrogen) atoms. The summed E-state index contributed by atoms with van der Waals surface area (Å²) in [5, 5.41) is 10.7. The fourth-order valence-corrected chi connectivity index (χ4v) is 2.05. The van der Waals surface area contributed by atoms with E-state index < -0.39 is 31.6 Å². The summed E-state index contributed by atoms with van der Waals surface area (Å²) in [4.78, 5) is 21.6. The molecule has 9 nitrogen and oxygen atoms in total. The van der Waals surface area contributed by atoms with Crippen LogP contribution in [0, 0.1) is 10.1 Å². The zero-order valence-electron chi connectivity index (χ0n) is 9.11. The molecule has 0 saturated carbocycles. The zero-order chi connectivity index (χ0) is 13.8. The van der Waals surface area contributed by atoms with E-state index in [4.69, 9.17) is 0 Å². The number of carbonyl (C=O) groups excluding carboxylic acids is 1. The second-order valence-corrected chi connectivity index (χ2v) is 4.60. The second-order valence-electron chi connectivity index (χ2n) is 2.95. The summed E-state index contributed by atoms with van der Waals surface area (Å²) < 4.78 is 27.5. The third-order valence-electron chi connectivity index (χ3n) is 1.82. The molecule has 0 aliphatic rings. The molecular formula is C8H9N3O6S. The van der Waals surface area contributed by atoms with Crippen molar-refractivity contribution in [3.8, 4) is 0 Å². The highest BCUT2D eigenvalue weighted by molar-refractivity contribution is 7.89. The van der Waals surface area contributed by atoms with Crippen molar-refractivity contribution in [3.63, 3.8) is 0 Å². The predicted octanol–water partition coefficient (Wildman–Crippen LogP) is 0.144. The van der Waals surface area contributed by atoms with Gasteiger partial charge in [-0.15, -0.1) is 4.83 Å². The van der Waals surface area contributed by atoms with Crippen molar-refractivity contribution in [2.45, 2.75) is 4.90 Å². The summed E-state index contributed by atoms with van der Waals surface area (Å²) in [6, 6.07) is 4.72. The van der Waals surface area contributed by atoms with Gasteiger partial charge >= 0.3 is 6.09 Å². The van der Waals surface area contributed by atoms with Crippen molar-refractivity contribution in [3.05, 3.63) is 34.4 Å². The monoisotopic (exact) mass is 275 g/mol. The maximum Gasteiger partial charge on any atom is 0.422 e.